The van der Waals surface area contributed by atoms with Crippen molar-refractivity contribution in [2.24, 2.45) is 0 Å². The van der Waals surface area contributed by atoms with Gasteiger partial charge in [0.05, 0.1) is 17.7 Å². The molecule has 0 fully saturated rings. The minimum Gasteiger partial charge on any atom is -0.494 e. The first-order valence-corrected chi connectivity index (χ1v) is 4.75. The van der Waals surface area contributed by atoms with Crippen LogP contribution >= 0.6 is 11.6 Å². The highest BCUT2D eigenvalue weighted by molar-refractivity contribution is 6.32. The van der Waals surface area contributed by atoms with Crippen LogP contribution in [-0.2, 0) is 0 Å². The lowest BCUT2D eigenvalue weighted by Gasteiger charge is -2.07. The fourth-order valence-electron chi connectivity index (χ4n) is 1.37. The molecule has 0 aliphatic heterocycles. The van der Waals surface area contributed by atoms with Crippen molar-refractivity contribution in [3.05, 3.63) is 29.0 Å². The average Bonchev–Trinajstić information content (AvgIpc) is 2.63. The molecule has 0 saturated carbocycles. The zero-order valence-corrected chi connectivity index (χ0v) is 9.08. The molecule has 0 atom stereocenters. The Bertz CT molecular complexity index is 528. The van der Waals surface area contributed by atoms with Gasteiger partial charge >= 0.3 is 0 Å². The van der Waals surface area contributed by atoms with Gasteiger partial charge in [-0.3, -0.25) is 0 Å². The SMILES string of the molecule is COc1c(Cl)cc(F)cc1-c1cc(N)no1. The highest BCUT2D eigenvalue weighted by Crippen LogP contribution is 2.37. The van der Waals surface area contributed by atoms with Gasteiger partial charge in [0, 0.05) is 6.07 Å². The molecule has 0 bridgehead atoms. The number of nitrogens with zero attached hydrogens (tertiary/aromatic N) is 1. The van der Waals surface area contributed by atoms with Crippen LogP contribution in [0, 0.1) is 5.82 Å². The quantitative estimate of drug-likeness (QED) is 0.880. The van der Waals surface area contributed by atoms with Crippen molar-refractivity contribution in [2.75, 3.05) is 12.8 Å². The summed E-state index contributed by atoms with van der Waals surface area (Å²) >= 11 is 5.83. The van der Waals surface area contributed by atoms with E-state index in [0.29, 0.717) is 17.1 Å². The molecule has 2 rings (SSSR count). The first kappa shape index (κ1) is 10.8. The van der Waals surface area contributed by atoms with Gasteiger partial charge in [-0.25, -0.2) is 4.39 Å². The van der Waals surface area contributed by atoms with E-state index in [1.54, 1.807) is 0 Å². The summed E-state index contributed by atoms with van der Waals surface area (Å²) in [6, 6.07) is 3.86. The molecule has 4 nitrogen and oxygen atoms in total. The number of rotatable bonds is 2. The molecule has 1 aromatic carbocycles. The number of aromatic nitrogens is 1. The number of nitrogen functional groups attached to an aromatic ring is 1. The molecular formula is C10H8ClFN2O2. The second kappa shape index (κ2) is 4.02. The maximum atomic E-state index is 13.2. The summed E-state index contributed by atoms with van der Waals surface area (Å²) in [5.41, 5.74) is 5.78. The Hall–Kier alpha value is -1.75. The average molecular weight is 243 g/mol. The lowest BCUT2D eigenvalue weighted by Crippen LogP contribution is -1.90. The minimum absolute atomic E-state index is 0.160. The van der Waals surface area contributed by atoms with Crippen LogP contribution in [0.4, 0.5) is 10.2 Å². The van der Waals surface area contributed by atoms with Gasteiger partial charge in [0.1, 0.15) is 11.6 Å². The van der Waals surface area contributed by atoms with Crippen molar-refractivity contribution in [2.45, 2.75) is 0 Å². The van der Waals surface area contributed by atoms with Crippen molar-refractivity contribution in [1.29, 1.82) is 0 Å². The predicted octanol–water partition coefficient (Wildman–Crippen LogP) is 2.72. The predicted molar refractivity (Wildman–Crippen MR) is 57.9 cm³/mol. The molecule has 84 valence electrons. The summed E-state index contributed by atoms with van der Waals surface area (Å²) in [5, 5.41) is 3.67. The second-order valence-electron chi connectivity index (χ2n) is 3.08. The Morgan fingerprint density at radius 2 is 2.19 bits per heavy atom. The Balaban J connectivity index is 2.63. The van der Waals surface area contributed by atoms with Crippen molar-refractivity contribution < 1.29 is 13.7 Å². The van der Waals surface area contributed by atoms with Gasteiger partial charge in [-0.15, -0.1) is 0 Å². The van der Waals surface area contributed by atoms with Gasteiger partial charge in [0.25, 0.3) is 0 Å². The summed E-state index contributed by atoms with van der Waals surface area (Å²) in [6.45, 7) is 0. The number of ether oxygens (including phenoxy) is 1. The van der Waals surface area contributed by atoms with Crippen molar-refractivity contribution in [3.63, 3.8) is 0 Å². The Morgan fingerprint density at radius 1 is 1.44 bits per heavy atom. The third-order valence-corrected chi connectivity index (χ3v) is 2.29. The first-order chi connectivity index (χ1) is 7.61. The van der Waals surface area contributed by atoms with Gasteiger partial charge in [-0.2, -0.15) is 0 Å². The molecule has 6 heteroatoms. The fourth-order valence-corrected chi connectivity index (χ4v) is 1.65. The zero-order valence-electron chi connectivity index (χ0n) is 8.33. The Morgan fingerprint density at radius 3 is 2.75 bits per heavy atom. The Labute approximate surface area is 95.7 Å². The highest BCUT2D eigenvalue weighted by Gasteiger charge is 2.15. The fraction of sp³-hybridized carbons (Fsp3) is 0.100. The number of nitrogens with two attached hydrogens (primary N) is 1. The van der Waals surface area contributed by atoms with Crippen LogP contribution < -0.4 is 10.5 Å². The van der Waals surface area contributed by atoms with E-state index >= 15 is 0 Å². The number of anilines is 1. The molecule has 0 aliphatic carbocycles. The van der Waals surface area contributed by atoms with E-state index in [0.717, 1.165) is 6.07 Å². The molecule has 0 saturated heterocycles. The van der Waals surface area contributed by atoms with E-state index in [1.165, 1.54) is 19.2 Å². The van der Waals surface area contributed by atoms with Crippen LogP contribution in [-0.4, -0.2) is 12.3 Å². The molecular weight excluding hydrogens is 235 g/mol. The van der Waals surface area contributed by atoms with E-state index in [1.807, 2.05) is 0 Å². The molecule has 1 aromatic heterocycles. The highest BCUT2D eigenvalue weighted by atomic mass is 35.5. The van der Waals surface area contributed by atoms with Crippen molar-refractivity contribution in [1.82, 2.24) is 5.16 Å². The normalized spacial score (nSPS) is 10.4. The maximum Gasteiger partial charge on any atom is 0.172 e. The maximum absolute atomic E-state index is 13.2. The van der Waals surface area contributed by atoms with Crippen LogP contribution in [0.2, 0.25) is 5.02 Å². The summed E-state index contributed by atoms with van der Waals surface area (Å²) in [7, 11) is 1.43. The molecule has 2 aromatic rings. The molecule has 0 unspecified atom stereocenters. The van der Waals surface area contributed by atoms with Gasteiger partial charge in [0.2, 0.25) is 0 Å². The van der Waals surface area contributed by atoms with Gasteiger partial charge in [-0.05, 0) is 12.1 Å². The minimum atomic E-state index is -0.490. The van der Waals surface area contributed by atoms with E-state index in [9.17, 15) is 4.39 Å². The van der Waals surface area contributed by atoms with Crippen LogP contribution in [0.3, 0.4) is 0 Å². The van der Waals surface area contributed by atoms with Gasteiger partial charge in [0.15, 0.2) is 11.6 Å². The zero-order chi connectivity index (χ0) is 11.7. The van der Waals surface area contributed by atoms with Gasteiger partial charge < -0.3 is 15.0 Å². The summed E-state index contributed by atoms with van der Waals surface area (Å²) < 4.78 is 23.2. The van der Waals surface area contributed by atoms with E-state index in [2.05, 4.69) is 5.16 Å². The Kier molecular flexibility index (Phi) is 2.70. The van der Waals surface area contributed by atoms with Crippen LogP contribution in [0.5, 0.6) is 5.75 Å². The summed E-state index contributed by atoms with van der Waals surface area (Å²) in [4.78, 5) is 0. The van der Waals surface area contributed by atoms with Crippen molar-refractivity contribution in [3.8, 4) is 17.1 Å². The number of hydrogen-bond acceptors (Lipinski definition) is 4. The van der Waals surface area contributed by atoms with E-state index < -0.39 is 5.82 Å². The summed E-state index contributed by atoms with van der Waals surface area (Å²) in [5.74, 6) is 0.336. The molecule has 0 aliphatic rings. The van der Waals surface area contributed by atoms with Crippen LogP contribution in [0.1, 0.15) is 0 Å². The van der Waals surface area contributed by atoms with E-state index in [-0.39, 0.29) is 10.8 Å². The summed E-state index contributed by atoms with van der Waals surface area (Å²) in [6.07, 6.45) is 0. The van der Waals surface area contributed by atoms with Crippen LogP contribution in [0.15, 0.2) is 22.7 Å². The largest absolute Gasteiger partial charge is 0.494 e. The van der Waals surface area contributed by atoms with Crippen molar-refractivity contribution >= 4 is 17.4 Å². The smallest absolute Gasteiger partial charge is 0.172 e. The topological polar surface area (TPSA) is 61.3 Å². The van der Waals surface area contributed by atoms with E-state index in [4.69, 9.17) is 26.6 Å². The third kappa shape index (κ3) is 1.81. The van der Waals surface area contributed by atoms with Gasteiger partial charge in [-0.1, -0.05) is 16.8 Å². The number of benzene rings is 1. The third-order valence-electron chi connectivity index (χ3n) is 2.01. The number of halogens is 2. The molecule has 0 spiro atoms. The first-order valence-electron chi connectivity index (χ1n) is 4.37. The number of methoxy groups -OCH3 is 1. The molecule has 0 amide bonds. The monoisotopic (exact) mass is 242 g/mol. The number of hydrogen-bond donors (Lipinski definition) is 1. The second-order valence-corrected chi connectivity index (χ2v) is 3.49. The molecule has 16 heavy (non-hydrogen) atoms. The standard InChI is InChI=1S/C10H8ClFN2O2/c1-15-10-6(2-5(12)3-7(10)11)8-4-9(13)14-16-8/h2-4H,1H3,(H2,13,14). The molecule has 2 N–H and O–H groups in total. The molecule has 1 heterocycles. The lowest BCUT2D eigenvalue weighted by molar-refractivity contribution is 0.406. The lowest BCUT2D eigenvalue weighted by atomic mass is 10.1. The van der Waals surface area contributed by atoms with Crippen LogP contribution in [0.25, 0.3) is 11.3 Å². The molecule has 0 radical (unpaired) electrons.